The van der Waals surface area contributed by atoms with Gasteiger partial charge >= 0.3 is 0 Å². The van der Waals surface area contributed by atoms with Gasteiger partial charge in [0.15, 0.2) is 0 Å². The smallest absolute Gasteiger partial charge is 0.0499 e. The molecule has 0 amide bonds. The van der Waals surface area contributed by atoms with Gasteiger partial charge in [0.1, 0.15) is 0 Å². The van der Waals surface area contributed by atoms with Crippen LogP contribution >= 0.6 is 0 Å². The van der Waals surface area contributed by atoms with Crippen LogP contribution in [0.3, 0.4) is 0 Å². The highest BCUT2D eigenvalue weighted by Crippen LogP contribution is 2.27. The zero-order valence-corrected chi connectivity index (χ0v) is 11.7. The largest absolute Gasteiger partial charge is 0.396 e. The second-order valence-corrected chi connectivity index (χ2v) is 5.16. The summed E-state index contributed by atoms with van der Waals surface area (Å²) < 4.78 is 0. The van der Waals surface area contributed by atoms with E-state index in [0.29, 0.717) is 0 Å². The van der Waals surface area contributed by atoms with Crippen molar-refractivity contribution < 1.29 is 10.2 Å². The Morgan fingerprint density at radius 2 is 0.950 bits per heavy atom. The van der Waals surface area contributed by atoms with Crippen molar-refractivity contribution in [1.29, 1.82) is 0 Å². The van der Waals surface area contributed by atoms with Gasteiger partial charge in [0.05, 0.1) is 0 Å². The molecular formula is C18H22O2. The fourth-order valence-corrected chi connectivity index (χ4v) is 2.58. The molecule has 0 heterocycles. The number of hydrogen-bond donors (Lipinski definition) is 2. The number of benzene rings is 2. The molecule has 2 aromatic carbocycles. The molecular weight excluding hydrogens is 248 g/mol. The number of hydrogen-bond acceptors (Lipinski definition) is 2. The van der Waals surface area contributed by atoms with Crippen LogP contribution in [0.4, 0.5) is 0 Å². The summed E-state index contributed by atoms with van der Waals surface area (Å²) in [5.74, 6) is 0.294. The van der Waals surface area contributed by atoms with Crippen molar-refractivity contribution in [3.8, 4) is 0 Å². The molecule has 0 fully saturated rings. The lowest BCUT2D eigenvalue weighted by Gasteiger charge is -2.19. The Morgan fingerprint density at radius 3 is 1.25 bits per heavy atom. The topological polar surface area (TPSA) is 40.5 Å². The first kappa shape index (κ1) is 14.8. The van der Waals surface area contributed by atoms with Crippen molar-refractivity contribution in [2.24, 2.45) is 0 Å². The molecule has 2 atom stereocenters. The van der Waals surface area contributed by atoms with Gasteiger partial charge in [0, 0.05) is 25.0 Å². The number of aliphatic hydroxyl groups is 2. The molecule has 0 radical (unpaired) electrons. The van der Waals surface area contributed by atoms with E-state index in [2.05, 4.69) is 24.3 Å². The molecule has 2 aromatic rings. The van der Waals surface area contributed by atoms with Crippen LogP contribution in [-0.4, -0.2) is 23.4 Å². The Hall–Kier alpha value is -1.64. The second kappa shape index (κ2) is 7.83. The average molecular weight is 270 g/mol. The normalized spacial score (nSPS) is 13.9. The van der Waals surface area contributed by atoms with Gasteiger partial charge < -0.3 is 10.2 Å². The molecule has 106 valence electrons. The molecule has 0 saturated heterocycles. The van der Waals surface area contributed by atoms with Crippen molar-refractivity contribution in [3.05, 3.63) is 71.8 Å². The van der Waals surface area contributed by atoms with E-state index in [0.717, 1.165) is 12.8 Å². The van der Waals surface area contributed by atoms with Gasteiger partial charge in [-0.15, -0.1) is 0 Å². The van der Waals surface area contributed by atoms with E-state index >= 15 is 0 Å². The lowest BCUT2D eigenvalue weighted by atomic mass is 9.88. The molecule has 2 heteroatoms. The van der Waals surface area contributed by atoms with Gasteiger partial charge in [-0.05, 0) is 24.0 Å². The Bertz CT molecular complexity index is 434. The molecule has 2 nitrogen and oxygen atoms in total. The van der Waals surface area contributed by atoms with Gasteiger partial charge in [-0.25, -0.2) is 0 Å². The quantitative estimate of drug-likeness (QED) is 0.810. The maximum atomic E-state index is 9.57. The third kappa shape index (κ3) is 3.92. The SMILES string of the molecule is OC[C@@H](CC[C@H](CO)c1ccccc1)c1ccccc1. The summed E-state index contributed by atoms with van der Waals surface area (Å²) in [6, 6.07) is 20.2. The Labute approximate surface area is 120 Å². The minimum Gasteiger partial charge on any atom is -0.396 e. The molecule has 2 N–H and O–H groups in total. The van der Waals surface area contributed by atoms with Crippen LogP contribution in [0.5, 0.6) is 0 Å². The Kier molecular flexibility index (Phi) is 5.78. The third-order valence-electron chi connectivity index (χ3n) is 3.85. The van der Waals surface area contributed by atoms with E-state index in [4.69, 9.17) is 0 Å². The summed E-state index contributed by atoms with van der Waals surface area (Å²) in [5, 5.41) is 19.1. The predicted octanol–water partition coefficient (Wildman–Crippen LogP) is 3.32. The standard InChI is InChI=1S/C18H22O2/c19-13-17(15-7-3-1-4-8-15)11-12-18(14-20)16-9-5-2-6-10-16/h1-10,17-20H,11-14H2/t17-,18-/m1/s1. The second-order valence-electron chi connectivity index (χ2n) is 5.16. The van der Waals surface area contributed by atoms with Crippen LogP contribution in [-0.2, 0) is 0 Å². The van der Waals surface area contributed by atoms with Crippen molar-refractivity contribution >= 4 is 0 Å². The highest BCUT2D eigenvalue weighted by molar-refractivity contribution is 5.21. The maximum absolute atomic E-state index is 9.57. The minimum atomic E-state index is 0.147. The summed E-state index contributed by atoms with van der Waals surface area (Å²) in [4.78, 5) is 0. The van der Waals surface area contributed by atoms with Crippen molar-refractivity contribution in [3.63, 3.8) is 0 Å². The first-order valence-corrected chi connectivity index (χ1v) is 7.16. The molecule has 0 unspecified atom stereocenters. The summed E-state index contributed by atoms with van der Waals surface area (Å²) >= 11 is 0. The van der Waals surface area contributed by atoms with E-state index in [1.807, 2.05) is 36.4 Å². The molecule has 0 aliphatic rings. The summed E-state index contributed by atoms with van der Waals surface area (Å²) in [6.07, 6.45) is 1.75. The van der Waals surface area contributed by atoms with Crippen molar-refractivity contribution in [2.45, 2.75) is 24.7 Å². The van der Waals surface area contributed by atoms with Gasteiger partial charge in [-0.1, -0.05) is 60.7 Å². The van der Waals surface area contributed by atoms with Crippen LogP contribution < -0.4 is 0 Å². The monoisotopic (exact) mass is 270 g/mol. The van der Waals surface area contributed by atoms with Gasteiger partial charge in [0.2, 0.25) is 0 Å². The molecule has 2 rings (SSSR count). The third-order valence-corrected chi connectivity index (χ3v) is 3.85. The van der Waals surface area contributed by atoms with E-state index in [9.17, 15) is 10.2 Å². The van der Waals surface area contributed by atoms with E-state index in [1.165, 1.54) is 11.1 Å². The predicted molar refractivity (Wildman–Crippen MR) is 81.8 cm³/mol. The van der Waals surface area contributed by atoms with Crippen molar-refractivity contribution in [2.75, 3.05) is 13.2 Å². The van der Waals surface area contributed by atoms with Crippen LogP contribution in [0.2, 0.25) is 0 Å². The first-order valence-electron chi connectivity index (χ1n) is 7.16. The van der Waals surface area contributed by atoms with E-state index < -0.39 is 0 Å². The number of aliphatic hydroxyl groups excluding tert-OH is 2. The highest BCUT2D eigenvalue weighted by atomic mass is 16.3. The molecule has 0 aromatic heterocycles. The molecule has 0 bridgehead atoms. The molecule has 20 heavy (non-hydrogen) atoms. The maximum Gasteiger partial charge on any atom is 0.0499 e. The molecule has 0 saturated carbocycles. The molecule has 0 aliphatic heterocycles. The van der Waals surface area contributed by atoms with Gasteiger partial charge in [-0.2, -0.15) is 0 Å². The fourth-order valence-electron chi connectivity index (χ4n) is 2.58. The Morgan fingerprint density at radius 1 is 0.600 bits per heavy atom. The van der Waals surface area contributed by atoms with Crippen LogP contribution in [0.1, 0.15) is 35.8 Å². The van der Waals surface area contributed by atoms with Crippen molar-refractivity contribution in [1.82, 2.24) is 0 Å². The number of rotatable bonds is 7. The fraction of sp³-hybridized carbons (Fsp3) is 0.333. The summed E-state index contributed by atoms with van der Waals surface area (Å²) in [6.45, 7) is 0.300. The average Bonchev–Trinajstić information content (AvgIpc) is 2.53. The Balaban J connectivity index is 1.99. The highest BCUT2D eigenvalue weighted by Gasteiger charge is 2.15. The van der Waals surface area contributed by atoms with Crippen LogP contribution in [0.25, 0.3) is 0 Å². The van der Waals surface area contributed by atoms with Crippen LogP contribution in [0.15, 0.2) is 60.7 Å². The summed E-state index contributed by atoms with van der Waals surface area (Å²) in [7, 11) is 0. The zero-order valence-electron chi connectivity index (χ0n) is 11.7. The molecule has 0 aliphatic carbocycles. The van der Waals surface area contributed by atoms with Gasteiger partial charge in [-0.3, -0.25) is 0 Å². The lowest BCUT2D eigenvalue weighted by Crippen LogP contribution is -2.09. The molecule has 0 spiro atoms. The zero-order chi connectivity index (χ0) is 14.2. The lowest BCUT2D eigenvalue weighted by molar-refractivity contribution is 0.233. The van der Waals surface area contributed by atoms with Gasteiger partial charge in [0.25, 0.3) is 0 Å². The minimum absolute atomic E-state index is 0.147. The first-order chi connectivity index (χ1) is 9.85. The van der Waals surface area contributed by atoms with E-state index in [1.54, 1.807) is 0 Å². The van der Waals surface area contributed by atoms with Crippen LogP contribution in [0, 0.1) is 0 Å². The van der Waals surface area contributed by atoms with E-state index in [-0.39, 0.29) is 25.0 Å². The summed E-state index contributed by atoms with van der Waals surface area (Å²) in [5.41, 5.74) is 2.33.